The molecule has 0 aliphatic carbocycles. The molecule has 0 spiro atoms. The Hall–Kier alpha value is -1.46. The Labute approximate surface area is 119 Å². The van der Waals surface area contributed by atoms with Crippen LogP contribution in [0.4, 0.5) is 0 Å². The van der Waals surface area contributed by atoms with Gasteiger partial charge in [-0.15, -0.1) is 0 Å². The van der Waals surface area contributed by atoms with E-state index in [1.165, 1.54) is 0 Å². The SMILES string of the molecule is CC(NCc1cc2c(cc1Br)OCO2)c1ccco1. The van der Waals surface area contributed by atoms with Gasteiger partial charge in [-0.2, -0.15) is 0 Å². The van der Waals surface area contributed by atoms with Crippen LogP contribution in [0.25, 0.3) is 0 Å². The zero-order valence-electron chi connectivity index (χ0n) is 10.5. The fraction of sp³-hybridized carbons (Fsp3) is 0.286. The first-order valence-electron chi connectivity index (χ1n) is 6.09. The van der Waals surface area contributed by atoms with Crippen molar-refractivity contribution >= 4 is 15.9 Å². The van der Waals surface area contributed by atoms with Crippen LogP contribution in [0.15, 0.2) is 39.4 Å². The molecule has 3 rings (SSSR count). The minimum absolute atomic E-state index is 0.160. The van der Waals surface area contributed by atoms with Crippen LogP contribution in [-0.4, -0.2) is 6.79 Å². The number of nitrogens with one attached hydrogen (secondary N) is 1. The van der Waals surface area contributed by atoms with Crippen LogP contribution in [0.5, 0.6) is 11.5 Å². The highest BCUT2D eigenvalue weighted by atomic mass is 79.9. The summed E-state index contributed by atoms with van der Waals surface area (Å²) >= 11 is 3.55. The largest absolute Gasteiger partial charge is 0.468 e. The van der Waals surface area contributed by atoms with E-state index in [9.17, 15) is 0 Å². The third kappa shape index (κ3) is 2.62. The summed E-state index contributed by atoms with van der Waals surface area (Å²) in [6.45, 7) is 3.08. The minimum Gasteiger partial charge on any atom is -0.468 e. The van der Waals surface area contributed by atoms with E-state index >= 15 is 0 Å². The zero-order valence-corrected chi connectivity index (χ0v) is 12.1. The van der Waals surface area contributed by atoms with Crippen molar-refractivity contribution in [1.29, 1.82) is 0 Å². The normalized spacial score (nSPS) is 14.6. The monoisotopic (exact) mass is 323 g/mol. The Morgan fingerprint density at radius 1 is 1.32 bits per heavy atom. The molecule has 1 aromatic carbocycles. The number of ether oxygens (including phenoxy) is 2. The molecule has 0 fully saturated rings. The Morgan fingerprint density at radius 2 is 2.11 bits per heavy atom. The van der Waals surface area contributed by atoms with Crippen LogP contribution in [-0.2, 0) is 6.54 Å². The van der Waals surface area contributed by atoms with E-state index < -0.39 is 0 Å². The summed E-state index contributed by atoms with van der Waals surface area (Å²) in [7, 11) is 0. The summed E-state index contributed by atoms with van der Waals surface area (Å²) in [5.41, 5.74) is 1.13. The number of halogens is 1. The number of hydrogen-bond donors (Lipinski definition) is 1. The van der Waals surface area contributed by atoms with Gasteiger partial charge in [-0.05, 0) is 36.8 Å². The van der Waals surface area contributed by atoms with Gasteiger partial charge in [-0.25, -0.2) is 0 Å². The summed E-state index contributed by atoms with van der Waals surface area (Å²) in [5.74, 6) is 2.51. The first kappa shape index (κ1) is 12.6. The Kier molecular flexibility index (Phi) is 3.48. The van der Waals surface area contributed by atoms with Gasteiger partial charge in [0.15, 0.2) is 11.5 Å². The molecule has 0 bridgehead atoms. The maximum atomic E-state index is 5.38. The number of benzene rings is 1. The molecule has 5 heteroatoms. The van der Waals surface area contributed by atoms with E-state index in [4.69, 9.17) is 13.9 Å². The molecule has 1 aromatic heterocycles. The molecule has 1 atom stereocenters. The van der Waals surface area contributed by atoms with Crippen LogP contribution < -0.4 is 14.8 Å². The van der Waals surface area contributed by atoms with Crippen molar-refractivity contribution in [3.8, 4) is 11.5 Å². The number of rotatable bonds is 4. The predicted molar refractivity (Wildman–Crippen MR) is 74.2 cm³/mol. The van der Waals surface area contributed by atoms with Gasteiger partial charge in [-0.3, -0.25) is 0 Å². The van der Waals surface area contributed by atoms with Crippen molar-refractivity contribution in [2.75, 3.05) is 6.79 Å². The van der Waals surface area contributed by atoms with Crippen molar-refractivity contribution in [3.63, 3.8) is 0 Å². The molecule has 0 radical (unpaired) electrons. The molecule has 0 amide bonds. The third-order valence-corrected chi connectivity index (χ3v) is 3.85. The average Bonchev–Trinajstić information content (AvgIpc) is 3.06. The van der Waals surface area contributed by atoms with Gasteiger partial charge in [-0.1, -0.05) is 15.9 Å². The molecule has 19 heavy (non-hydrogen) atoms. The molecular weight excluding hydrogens is 310 g/mol. The molecule has 1 aliphatic heterocycles. The second kappa shape index (κ2) is 5.27. The summed E-state index contributed by atoms with van der Waals surface area (Å²) in [4.78, 5) is 0. The van der Waals surface area contributed by atoms with Gasteiger partial charge in [0, 0.05) is 11.0 Å². The van der Waals surface area contributed by atoms with E-state index in [-0.39, 0.29) is 6.04 Å². The molecule has 1 N–H and O–H groups in total. The molecule has 100 valence electrons. The Balaban J connectivity index is 1.70. The molecule has 1 unspecified atom stereocenters. The van der Waals surface area contributed by atoms with E-state index in [0.717, 1.165) is 33.8 Å². The molecule has 1 aliphatic rings. The lowest BCUT2D eigenvalue weighted by atomic mass is 10.2. The first-order valence-corrected chi connectivity index (χ1v) is 6.88. The molecule has 4 nitrogen and oxygen atoms in total. The maximum Gasteiger partial charge on any atom is 0.231 e. The van der Waals surface area contributed by atoms with Crippen molar-refractivity contribution in [2.45, 2.75) is 19.5 Å². The van der Waals surface area contributed by atoms with Gasteiger partial charge in [0.25, 0.3) is 0 Å². The predicted octanol–water partition coefficient (Wildman–Crippen LogP) is 3.62. The minimum atomic E-state index is 0.160. The lowest BCUT2D eigenvalue weighted by molar-refractivity contribution is 0.174. The van der Waals surface area contributed by atoms with Crippen LogP contribution in [0.2, 0.25) is 0 Å². The maximum absolute atomic E-state index is 5.38. The van der Waals surface area contributed by atoms with E-state index in [1.807, 2.05) is 24.3 Å². The van der Waals surface area contributed by atoms with Crippen molar-refractivity contribution < 1.29 is 13.9 Å². The molecule has 2 aromatic rings. The Bertz CT molecular complexity index is 568. The highest BCUT2D eigenvalue weighted by Gasteiger charge is 2.17. The topological polar surface area (TPSA) is 43.6 Å². The lowest BCUT2D eigenvalue weighted by Gasteiger charge is -2.12. The molecule has 2 heterocycles. The van der Waals surface area contributed by atoms with Crippen LogP contribution >= 0.6 is 15.9 Å². The standard InChI is InChI=1S/C14H14BrNO3/c1-9(12-3-2-4-17-12)16-7-10-5-13-14(6-11(10)15)19-8-18-13/h2-6,9,16H,7-8H2,1H3. The summed E-state index contributed by atoms with van der Waals surface area (Å²) in [6, 6.07) is 7.95. The average molecular weight is 324 g/mol. The first-order chi connectivity index (χ1) is 9.24. The number of fused-ring (bicyclic) bond motifs is 1. The van der Waals surface area contributed by atoms with Crippen LogP contribution in [0, 0.1) is 0 Å². The van der Waals surface area contributed by atoms with E-state index in [1.54, 1.807) is 6.26 Å². The fourth-order valence-electron chi connectivity index (χ4n) is 2.00. The molecular formula is C14H14BrNO3. The van der Waals surface area contributed by atoms with Gasteiger partial charge in [0.2, 0.25) is 6.79 Å². The quantitative estimate of drug-likeness (QED) is 0.933. The van der Waals surface area contributed by atoms with Gasteiger partial charge < -0.3 is 19.2 Å². The molecule has 0 saturated heterocycles. The second-order valence-electron chi connectivity index (χ2n) is 4.41. The summed E-state index contributed by atoms with van der Waals surface area (Å²) in [6.07, 6.45) is 1.68. The molecule has 0 saturated carbocycles. The van der Waals surface area contributed by atoms with Gasteiger partial charge in [0.1, 0.15) is 5.76 Å². The number of furan rings is 1. The second-order valence-corrected chi connectivity index (χ2v) is 5.27. The smallest absolute Gasteiger partial charge is 0.231 e. The lowest BCUT2D eigenvalue weighted by Crippen LogP contribution is -2.17. The van der Waals surface area contributed by atoms with Crippen LogP contribution in [0.3, 0.4) is 0 Å². The third-order valence-electron chi connectivity index (χ3n) is 3.11. The van der Waals surface area contributed by atoms with Crippen LogP contribution in [0.1, 0.15) is 24.3 Å². The van der Waals surface area contributed by atoms with Gasteiger partial charge >= 0.3 is 0 Å². The van der Waals surface area contributed by atoms with Crippen molar-refractivity contribution in [2.24, 2.45) is 0 Å². The fourth-order valence-corrected chi connectivity index (χ4v) is 2.46. The summed E-state index contributed by atoms with van der Waals surface area (Å²) in [5, 5.41) is 3.41. The number of hydrogen-bond acceptors (Lipinski definition) is 4. The summed E-state index contributed by atoms with van der Waals surface area (Å²) < 4.78 is 17.1. The zero-order chi connectivity index (χ0) is 13.2. The van der Waals surface area contributed by atoms with Crippen molar-refractivity contribution in [3.05, 3.63) is 46.3 Å². The van der Waals surface area contributed by atoms with E-state index in [0.29, 0.717) is 6.79 Å². The Morgan fingerprint density at radius 3 is 2.84 bits per heavy atom. The highest BCUT2D eigenvalue weighted by molar-refractivity contribution is 9.10. The van der Waals surface area contributed by atoms with Gasteiger partial charge in [0.05, 0.1) is 12.3 Å². The van der Waals surface area contributed by atoms with E-state index in [2.05, 4.69) is 28.2 Å². The van der Waals surface area contributed by atoms with Crippen molar-refractivity contribution in [1.82, 2.24) is 5.32 Å². The highest BCUT2D eigenvalue weighted by Crippen LogP contribution is 2.37.